The van der Waals surface area contributed by atoms with E-state index < -0.39 is 23.5 Å². The third-order valence-corrected chi connectivity index (χ3v) is 4.93. The molecule has 10 heteroatoms. The van der Waals surface area contributed by atoms with Gasteiger partial charge in [0.25, 0.3) is 5.91 Å². The first kappa shape index (κ1) is 19.9. The highest BCUT2D eigenvalue weighted by Crippen LogP contribution is 2.22. The van der Waals surface area contributed by atoms with Gasteiger partial charge in [0, 0.05) is 12.6 Å². The summed E-state index contributed by atoms with van der Waals surface area (Å²) >= 11 is 0.914. The van der Waals surface area contributed by atoms with Crippen molar-refractivity contribution in [2.75, 3.05) is 6.61 Å². The van der Waals surface area contributed by atoms with Crippen molar-refractivity contribution in [1.29, 1.82) is 0 Å². The van der Waals surface area contributed by atoms with Crippen molar-refractivity contribution in [1.82, 2.24) is 14.3 Å². The van der Waals surface area contributed by atoms with Crippen LogP contribution in [0.3, 0.4) is 0 Å². The van der Waals surface area contributed by atoms with Gasteiger partial charge in [-0.2, -0.15) is 10.1 Å². The zero-order chi connectivity index (χ0) is 20.4. The lowest BCUT2D eigenvalue weighted by atomic mass is 10.3. The molecule has 3 aromatic rings. The number of aryl methyl sites for hydroxylation is 2. The number of nitrogens with zero attached hydrogens (tertiary/aromatic N) is 4. The number of carbonyl (C=O) groups is 2. The van der Waals surface area contributed by atoms with Gasteiger partial charge in [-0.15, -0.1) is 0 Å². The standard InChI is InChI=1S/C18H18F2N4O3S/c1-4-24-13(6-10(3)22-24)17(26)21-18-23(9-15(25)27-5-2)16-12(20)7-11(19)8-14(16)28-18/h6-8H,4-5,9H2,1-3H3. The lowest BCUT2D eigenvalue weighted by Crippen LogP contribution is -2.24. The van der Waals surface area contributed by atoms with E-state index in [1.807, 2.05) is 6.92 Å². The average molecular weight is 408 g/mol. The number of amides is 1. The van der Waals surface area contributed by atoms with E-state index in [4.69, 9.17) is 4.74 Å². The molecule has 28 heavy (non-hydrogen) atoms. The number of thiazole rings is 1. The summed E-state index contributed by atoms with van der Waals surface area (Å²) in [6.45, 7) is 5.50. The van der Waals surface area contributed by atoms with Crippen LogP contribution in [0.15, 0.2) is 23.2 Å². The van der Waals surface area contributed by atoms with Crippen molar-refractivity contribution in [3.8, 4) is 0 Å². The first-order valence-corrected chi connectivity index (χ1v) is 9.43. The minimum Gasteiger partial charge on any atom is -0.465 e. The van der Waals surface area contributed by atoms with Gasteiger partial charge in [0.1, 0.15) is 18.1 Å². The second-order valence-electron chi connectivity index (χ2n) is 5.91. The van der Waals surface area contributed by atoms with E-state index in [0.717, 1.165) is 23.5 Å². The Morgan fingerprint density at radius 2 is 2.00 bits per heavy atom. The second kappa shape index (κ2) is 8.01. The van der Waals surface area contributed by atoms with Gasteiger partial charge in [-0.05, 0) is 32.9 Å². The maximum Gasteiger partial charge on any atom is 0.326 e. The molecule has 3 rings (SSSR count). The predicted molar refractivity (Wildman–Crippen MR) is 98.9 cm³/mol. The molecule has 0 N–H and O–H groups in total. The van der Waals surface area contributed by atoms with E-state index in [1.54, 1.807) is 19.9 Å². The van der Waals surface area contributed by atoms with Crippen molar-refractivity contribution in [2.24, 2.45) is 4.99 Å². The van der Waals surface area contributed by atoms with Crippen LogP contribution in [0.2, 0.25) is 0 Å². The summed E-state index contributed by atoms with van der Waals surface area (Å²) < 4.78 is 35.9. The van der Waals surface area contributed by atoms with Crippen LogP contribution >= 0.6 is 11.3 Å². The molecule has 148 valence electrons. The Balaban J connectivity index is 2.18. The molecule has 7 nitrogen and oxygen atoms in total. The molecule has 0 spiro atoms. The van der Waals surface area contributed by atoms with Crippen molar-refractivity contribution in [2.45, 2.75) is 33.9 Å². The molecule has 0 radical (unpaired) electrons. The minimum atomic E-state index is -0.848. The van der Waals surface area contributed by atoms with Gasteiger partial charge in [-0.3, -0.25) is 14.3 Å². The van der Waals surface area contributed by atoms with Crippen molar-refractivity contribution < 1.29 is 23.1 Å². The SMILES string of the molecule is CCOC(=O)Cn1c(=NC(=O)c2cc(C)nn2CC)sc2cc(F)cc(F)c21. The van der Waals surface area contributed by atoms with E-state index in [0.29, 0.717) is 12.2 Å². The smallest absolute Gasteiger partial charge is 0.326 e. The molecule has 2 heterocycles. The summed E-state index contributed by atoms with van der Waals surface area (Å²) in [7, 11) is 0. The van der Waals surface area contributed by atoms with Gasteiger partial charge < -0.3 is 9.30 Å². The quantitative estimate of drug-likeness (QED) is 0.608. The Kier molecular flexibility index (Phi) is 5.68. The zero-order valence-corrected chi connectivity index (χ0v) is 16.3. The normalized spacial score (nSPS) is 12.0. The van der Waals surface area contributed by atoms with Crippen LogP contribution in [0.1, 0.15) is 30.0 Å². The van der Waals surface area contributed by atoms with Gasteiger partial charge in [0.05, 0.1) is 22.5 Å². The number of halogens is 2. The highest BCUT2D eigenvalue weighted by atomic mass is 32.1. The van der Waals surface area contributed by atoms with Gasteiger partial charge in [0.15, 0.2) is 10.6 Å². The number of fused-ring (bicyclic) bond motifs is 1. The summed E-state index contributed by atoms with van der Waals surface area (Å²) in [6.07, 6.45) is 0. The summed E-state index contributed by atoms with van der Waals surface area (Å²) in [6, 6.07) is 3.45. The van der Waals surface area contributed by atoms with E-state index in [1.165, 1.54) is 9.25 Å². The second-order valence-corrected chi connectivity index (χ2v) is 6.92. The number of carbonyl (C=O) groups excluding carboxylic acids is 2. The van der Waals surface area contributed by atoms with Crippen LogP contribution in [0.5, 0.6) is 0 Å². The first-order valence-electron chi connectivity index (χ1n) is 8.61. The van der Waals surface area contributed by atoms with Gasteiger partial charge >= 0.3 is 5.97 Å². The number of hydrogen-bond acceptors (Lipinski definition) is 5. The van der Waals surface area contributed by atoms with E-state index >= 15 is 0 Å². The molecule has 0 unspecified atom stereocenters. The van der Waals surface area contributed by atoms with E-state index in [9.17, 15) is 18.4 Å². The van der Waals surface area contributed by atoms with E-state index in [-0.39, 0.29) is 33.9 Å². The molecular formula is C18H18F2N4O3S. The number of esters is 1. The number of ether oxygens (including phenoxy) is 1. The molecule has 0 bridgehead atoms. The van der Waals surface area contributed by atoms with Crippen molar-refractivity contribution in [3.05, 3.63) is 46.0 Å². The van der Waals surface area contributed by atoms with Gasteiger partial charge in [-0.1, -0.05) is 11.3 Å². The number of benzene rings is 1. The summed E-state index contributed by atoms with van der Waals surface area (Å²) in [4.78, 5) is 28.8. The molecule has 0 fully saturated rings. The monoisotopic (exact) mass is 408 g/mol. The summed E-state index contributed by atoms with van der Waals surface area (Å²) in [5, 5.41) is 4.20. The van der Waals surface area contributed by atoms with E-state index in [2.05, 4.69) is 10.1 Å². The number of hydrogen-bond donors (Lipinski definition) is 0. The van der Waals surface area contributed by atoms with Crippen LogP contribution in [-0.2, 0) is 22.6 Å². The maximum atomic E-state index is 14.4. The summed E-state index contributed by atoms with van der Waals surface area (Å²) in [5.74, 6) is -2.81. The fourth-order valence-electron chi connectivity index (χ4n) is 2.80. The molecule has 0 saturated heterocycles. The van der Waals surface area contributed by atoms with Crippen LogP contribution < -0.4 is 4.80 Å². The van der Waals surface area contributed by atoms with Gasteiger partial charge in [-0.25, -0.2) is 8.78 Å². The third kappa shape index (κ3) is 3.86. The Morgan fingerprint density at radius 3 is 2.68 bits per heavy atom. The zero-order valence-electron chi connectivity index (χ0n) is 15.5. The highest BCUT2D eigenvalue weighted by Gasteiger charge is 2.18. The maximum absolute atomic E-state index is 14.4. The number of aromatic nitrogens is 3. The Bertz CT molecular complexity index is 1130. The average Bonchev–Trinajstić information content (AvgIpc) is 3.15. The molecule has 0 aliphatic rings. The molecule has 1 aromatic carbocycles. The topological polar surface area (TPSA) is 78.5 Å². The lowest BCUT2D eigenvalue weighted by Gasteiger charge is -2.06. The molecule has 1 amide bonds. The number of rotatable bonds is 5. The lowest BCUT2D eigenvalue weighted by molar-refractivity contribution is -0.143. The fourth-order valence-corrected chi connectivity index (χ4v) is 3.87. The largest absolute Gasteiger partial charge is 0.465 e. The minimum absolute atomic E-state index is 0.00816. The Labute approximate surface area is 162 Å². The summed E-state index contributed by atoms with van der Waals surface area (Å²) in [5.41, 5.74) is 0.919. The Morgan fingerprint density at radius 1 is 1.25 bits per heavy atom. The fraction of sp³-hybridized carbons (Fsp3) is 0.333. The highest BCUT2D eigenvalue weighted by molar-refractivity contribution is 7.16. The molecule has 0 aliphatic carbocycles. The molecule has 0 atom stereocenters. The van der Waals surface area contributed by atoms with Crippen LogP contribution in [0.4, 0.5) is 8.78 Å². The molecule has 0 aliphatic heterocycles. The van der Waals surface area contributed by atoms with Crippen molar-refractivity contribution in [3.63, 3.8) is 0 Å². The van der Waals surface area contributed by atoms with Crippen molar-refractivity contribution >= 4 is 33.4 Å². The molecular weight excluding hydrogens is 390 g/mol. The predicted octanol–water partition coefficient (Wildman–Crippen LogP) is 2.81. The molecule has 2 aromatic heterocycles. The van der Waals surface area contributed by atoms with Gasteiger partial charge in [0.2, 0.25) is 0 Å². The van der Waals surface area contributed by atoms with Crippen LogP contribution in [0, 0.1) is 18.6 Å². The first-order chi connectivity index (χ1) is 13.3. The Hall–Kier alpha value is -2.88. The molecule has 0 saturated carbocycles. The third-order valence-electron chi connectivity index (χ3n) is 3.91. The van der Waals surface area contributed by atoms with Crippen LogP contribution in [0.25, 0.3) is 10.2 Å². The van der Waals surface area contributed by atoms with Crippen LogP contribution in [-0.4, -0.2) is 32.8 Å².